The van der Waals surface area contributed by atoms with Crippen LogP contribution in [0.2, 0.25) is 0 Å². The average molecular weight is 387 g/mol. The highest BCUT2D eigenvalue weighted by Gasteiger charge is 2.09. The zero-order valence-electron chi connectivity index (χ0n) is 15.2. The SMILES string of the molecule is COc1ccc(-c2ccc(CCC(=O)Nc3ccc(OC(F)F)cc3)o2)cc1. The van der Waals surface area contributed by atoms with Crippen molar-refractivity contribution in [1.82, 2.24) is 0 Å². The van der Waals surface area contributed by atoms with Crippen molar-refractivity contribution in [3.8, 4) is 22.8 Å². The van der Waals surface area contributed by atoms with Gasteiger partial charge in [0.1, 0.15) is 23.0 Å². The van der Waals surface area contributed by atoms with Gasteiger partial charge in [0.05, 0.1) is 7.11 Å². The van der Waals surface area contributed by atoms with Crippen molar-refractivity contribution in [3.63, 3.8) is 0 Å². The van der Waals surface area contributed by atoms with Crippen LogP contribution < -0.4 is 14.8 Å². The maximum absolute atomic E-state index is 12.1. The summed E-state index contributed by atoms with van der Waals surface area (Å²) in [6.07, 6.45) is 0.666. The number of carbonyl (C=O) groups is 1. The fourth-order valence-corrected chi connectivity index (χ4v) is 2.60. The van der Waals surface area contributed by atoms with Gasteiger partial charge in [-0.3, -0.25) is 4.79 Å². The summed E-state index contributed by atoms with van der Waals surface area (Å²) >= 11 is 0. The number of nitrogens with one attached hydrogen (secondary N) is 1. The van der Waals surface area contributed by atoms with Crippen LogP contribution in [-0.2, 0) is 11.2 Å². The third kappa shape index (κ3) is 5.33. The highest BCUT2D eigenvalue weighted by Crippen LogP contribution is 2.25. The third-order valence-corrected chi connectivity index (χ3v) is 4.00. The number of rotatable bonds is 8. The summed E-state index contributed by atoms with van der Waals surface area (Å²) in [6.45, 7) is -2.88. The first-order chi connectivity index (χ1) is 13.5. The maximum atomic E-state index is 12.1. The molecule has 0 unspecified atom stereocenters. The van der Waals surface area contributed by atoms with Gasteiger partial charge in [-0.25, -0.2) is 0 Å². The molecule has 0 saturated carbocycles. The van der Waals surface area contributed by atoms with E-state index in [0.717, 1.165) is 11.3 Å². The van der Waals surface area contributed by atoms with Crippen LogP contribution in [-0.4, -0.2) is 19.6 Å². The van der Waals surface area contributed by atoms with Gasteiger partial charge in [-0.15, -0.1) is 0 Å². The van der Waals surface area contributed by atoms with Crippen molar-refractivity contribution >= 4 is 11.6 Å². The molecule has 0 radical (unpaired) electrons. The van der Waals surface area contributed by atoms with Crippen molar-refractivity contribution in [2.75, 3.05) is 12.4 Å². The predicted octanol–water partition coefficient (Wildman–Crippen LogP) is 5.13. The molecular weight excluding hydrogens is 368 g/mol. The third-order valence-electron chi connectivity index (χ3n) is 4.00. The lowest BCUT2D eigenvalue weighted by Crippen LogP contribution is -2.12. The number of hydrogen-bond acceptors (Lipinski definition) is 4. The smallest absolute Gasteiger partial charge is 0.387 e. The summed E-state index contributed by atoms with van der Waals surface area (Å²) in [7, 11) is 1.61. The highest BCUT2D eigenvalue weighted by molar-refractivity contribution is 5.90. The number of methoxy groups -OCH3 is 1. The number of hydrogen-bond donors (Lipinski definition) is 1. The zero-order chi connectivity index (χ0) is 19.9. The standard InChI is InChI=1S/C21H19F2NO4/c1-26-16-6-2-14(3-7-16)19-12-10-17(27-19)11-13-20(25)24-15-4-8-18(9-5-15)28-21(22)23/h2-10,12,21H,11,13H2,1H3,(H,24,25). The Balaban J connectivity index is 1.51. The fraction of sp³-hybridized carbons (Fsp3) is 0.190. The Morgan fingerprint density at radius 2 is 1.68 bits per heavy atom. The molecule has 1 aromatic heterocycles. The van der Waals surface area contributed by atoms with Crippen LogP contribution in [0, 0.1) is 0 Å². The van der Waals surface area contributed by atoms with Crippen LogP contribution in [0.5, 0.6) is 11.5 Å². The molecule has 0 aliphatic carbocycles. The second-order valence-electron chi connectivity index (χ2n) is 5.95. The summed E-state index contributed by atoms with van der Waals surface area (Å²) in [5.41, 5.74) is 1.42. The Kier molecular flexibility index (Phi) is 6.26. The minimum Gasteiger partial charge on any atom is -0.497 e. The van der Waals surface area contributed by atoms with E-state index in [1.165, 1.54) is 24.3 Å². The van der Waals surface area contributed by atoms with Crippen molar-refractivity contribution in [2.24, 2.45) is 0 Å². The first-order valence-electron chi connectivity index (χ1n) is 8.61. The van der Waals surface area contributed by atoms with Crippen molar-refractivity contribution in [3.05, 3.63) is 66.4 Å². The average Bonchev–Trinajstić information content (AvgIpc) is 3.17. The van der Waals surface area contributed by atoms with Crippen molar-refractivity contribution < 1.29 is 27.5 Å². The quantitative estimate of drug-likeness (QED) is 0.582. The van der Waals surface area contributed by atoms with Gasteiger partial charge >= 0.3 is 6.61 Å². The summed E-state index contributed by atoms with van der Waals surface area (Å²) in [5, 5.41) is 2.71. The predicted molar refractivity (Wildman–Crippen MR) is 101 cm³/mol. The van der Waals surface area contributed by atoms with Crippen LogP contribution in [0.15, 0.2) is 65.1 Å². The van der Waals surface area contributed by atoms with Gasteiger partial charge in [0.25, 0.3) is 0 Å². The largest absolute Gasteiger partial charge is 0.497 e. The lowest BCUT2D eigenvalue weighted by atomic mass is 10.2. The molecule has 0 bridgehead atoms. The van der Waals surface area contributed by atoms with Crippen molar-refractivity contribution in [1.29, 1.82) is 0 Å². The molecule has 0 spiro atoms. The molecule has 1 N–H and O–H groups in total. The zero-order valence-corrected chi connectivity index (χ0v) is 15.2. The van der Waals surface area contributed by atoms with E-state index in [1.807, 2.05) is 36.4 Å². The molecule has 3 rings (SSSR count). The normalized spacial score (nSPS) is 10.7. The van der Waals surface area contributed by atoms with Crippen LogP contribution in [0.25, 0.3) is 11.3 Å². The number of aryl methyl sites for hydroxylation is 1. The van der Waals surface area contributed by atoms with Crippen LogP contribution in [0.4, 0.5) is 14.5 Å². The second kappa shape index (κ2) is 9.03. The molecule has 28 heavy (non-hydrogen) atoms. The lowest BCUT2D eigenvalue weighted by molar-refractivity contribution is -0.116. The summed E-state index contributed by atoms with van der Waals surface area (Å²) in [6, 6.07) is 16.9. The molecular formula is C21H19F2NO4. The minimum atomic E-state index is -2.88. The minimum absolute atomic E-state index is 0.0367. The Labute approximate surface area is 160 Å². The Morgan fingerprint density at radius 1 is 1.00 bits per heavy atom. The number of amides is 1. The summed E-state index contributed by atoms with van der Waals surface area (Å²) in [5.74, 6) is 2.01. The number of carbonyl (C=O) groups excluding carboxylic acids is 1. The van der Waals surface area contributed by atoms with E-state index in [4.69, 9.17) is 9.15 Å². The Hall–Kier alpha value is -3.35. The monoisotopic (exact) mass is 387 g/mol. The van der Waals surface area contributed by atoms with Gasteiger partial charge in [-0.2, -0.15) is 8.78 Å². The van der Waals surface area contributed by atoms with E-state index < -0.39 is 6.61 Å². The van der Waals surface area contributed by atoms with E-state index in [-0.39, 0.29) is 18.1 Å². The van der Waals surface area contributed by atoms with Gasteiger partial charge in [0.15, 0.2) is 0 Å². The maximum Gasteiger partial charge on any atom is 0.387 e. The number of ether oxygens (including phenoxy) is 2. The first-order valence-corrected chi connectivity index (χ1v) is 8.61. The van der Waals surface area contributed by atoms with Gasteiger partial charge < -0.3 is 19.2 Å². The lowest BCUT2D eigenvalue weighted by Gasteiger charge is -2.07. The molecule has 7 heteroatoms. The first kappa shape index (κ1) is 19.4. The Bertz CT molecular complexity index is 905. The number of anilines is 1. The molecule has 1 amide bonds. The fourth-order valence-electron chi connectivity index (χ4n) is 2.60. The van der Waals surface area contributed by atoms with Gasteiger partial charge in [-0.1, -0.05) is 0 Å². The van der Waals surface area contributed by atoms with Gasteiger partial charge in [0.2, 0.25) is 5.91 Å². The van der Waals surface area contributed by atoms with E-state index in [1.54, 1.807) is 7.11 Å². The molecule has 0 aliphatic heterocycles. The molecule has 0 aliphatic rings. The molecule has 0 atom stereocenters. The molecule has 146 valence electrons. The topological polar surface area (TPSA) is 60.7 Å². The van der Waals surface area contributed by atoms with E-state index >= 15 is 0 Å². The second-order valence-corrected chi connectivity index (χ2v) is 5.95. The van der Waals surface area contributed by atoms with Gasteiger partial charge in [0, 0.05) is 24.1 Å². The van der Waals surface area contributed by atoms with Crippen LogP contribution >= 0.6 is 0 Å². The number of alkyl halides is 2. The molecule has 2 aromatic carbocycles. The molecule has 5 nitrogen and oxygen atoms in total. The van der Waals surface area contributed by atoms with E-state index in [0.29, 0.717) is 23.6 Å². The Morgan fingerprint density at radius 3 is 2.32 bits per heavy atom. The summed E-state index contributed by atoms with van der Waals surface area (Å²) in [4.78, 5) is 12.1. The van der Waals surface area contributed by atoms with E-state index in [2.05, 4.69) is 10.1 Å². The molecule has 0 saturated heterocycles. The number of benzene rings is 2. The number of halogens is 2. The van der Waals surface area contributed by atoms with Crippen LogP contribution in [0.3, 0.4) is 0 Å². The van der Waals surface area contributed by atoms with Crippen molar-refractivity contribution in [2.45, 2.75) is 19.5 Å². The van der Waals surface area contributed by atoms with E-state index in [9.17, 15) is 13.6 Å². The van der Waals surface area contributed by atoms with Gasteiger partial charge in [-0.05, 0) is 60.7 Å². The van der Waals surface area contributed by atoms with Crippen LogP contribution in [0.1, 0.15) is 12.2 Å². The molecule has 1 heterocycles. The molecule has 3 aromatic rings. The highest BCUT2D eigenvalue weighted by atomic mass is 19.3. The summed E-state index contributed by atoms with van der Waals surface area (Å²) < 4.78 is 39.4. The molecule has 0 fully saturated rings. The number of furan rings is 1.